The van der Waals surface area contributed by atoms with Crippen LogP contribution in [0.5, 0.6) is 11.5 Å². The summed E-state index contributed by atoms with van der Waals surface area (Å²) in [5.74, 6) is 3.06. The number of aromatic nitrogens is 3. The first-order valence-electron chi connectivity index (χ1n) is 10.2. The van der Waals surface area contributed by atoms with Gasteiger partial charge in [-0.15, -0.1) is 0 Å². The van der Waals surface area contributed by atoms with Crippen LogP contribution in [0, 0.1) is 0 Å². The van der Waals surface area contributed by atoms with E-state index in [1.54, 1.807) is 7.11 Å². The van der Waals surface area contributed by atoms with Crippen molar-refractivity contribution in [1.29, 1.82) is 0 Å². The van der Waals surface area contributed by atoms with Gasteiger partial charge in [-0.2, -0.15) is 15.0 Å². The zero-order valence-corrected chi connectivity index (χ0v) is 17.7. The second kappa shape index (κ2) is 9.94. The smallest absolute Gasteiger partial charge is 0.233 e. The third-order valence-electron chi connectivity index (χ3n) is 4.66. The third kappa shape index (κ3) is 5.52. The van der Waals surface area contributed by atoms with E-state index >= 15 is 0 Å². The highest BCUT2D eigenvalue weighted by Gasteiger charge is 2.17. The summed E-state index contributed by atoms with van der Waals surface area (Å²) in [6.07, 6.45) is 0. The van der Waals surface area contributed by atoms with E-state index in [4.69, 9.17) is 14.2 Å². The van der Waals surface area contributed by atoms with Crippen molar-refractivity contribution >= 4 is 29.2 Å². The second-order valence-corrected chi connectivity index (χ2v) is 6.82. The second-order valence-electron chi connectivity index (χ2n) is 6.82. The lowest BCUT2D eigenvalue weighted by atomic mass is 10.3. The van der Waals surface area contributed by atoms with Gasteiger partial charge in [-0.05, 0) is 43.3 Å². The Morgan fingerprint density at radius 1 is 0.903 bits per heavy atom. The molecule has 0 amide bonds. The SMILES string of the molecule is CCOc1ccc(Nc2nc(Nc3cccc(OC)c3)nc(N3CCOCC3)n2)cc1. The molecule has 2 aromatic carbocycles. The molecule has 4 rings (SSSR count). The van der Waals surface area contributed by atoms with Crippen LogP contribution in [0.3, 0.4) is 0 Å². The predicted molar refractivity (Wildman–Crippen MR) is 120 cm³/mol. The largest absolute Gasteiger partial charge is 0.497 e. The van der Waals surface area contributed by atoms with E-state index in [0.717, 1.165) is 36.0 Å². The number of morpholine rings is 1. The number of ether oxygens (including phenoxy) is 3. The first-order valence-corrected chi connectivity index (χ1v) is 10.2. The molecule has 0 unspecified atom stereocenters. The van der Waals surface area contributed by atoms with Gasteiger partial charge in [0.25, 0.3) is 0 Å². The Morgan fingerprint density at radius 2 is 1.61 bits per heavy atom. The fraction of sp³-hybridized carbons (Fsp3) is 0.318. The van der Waals surface area contributed by atoms with Gasteiger partial charge in [0.1, 0.15) is 11.5 Å². The van der Waals surface area contributed by atoms with Gasteiger partial charge in [0, 0.05) is 30.5 Å². The van der Waals surface area contributed by atoms with Crippen molar-refractivity contribution in [1.82, 2.24) is 15.0 Å². The number of benzene rings is 2. The molecule has 1 aliphatic rings. The standard InChI is InChI=1S/C22H26N6O3/c1-3-31-18-9-7-16(8-10-18)23-20-25-21(24-17-5-4-6-19(15-17)29-2)27-22(26-20)28-11-13-30-14-12-28/h4-10,15H,3,11-14H2,1-2H3,(H2,23,24,25,26,27). The Labute approximate surface area is 181 Å². The van der Waals surface area contributed by atoms with Crippen LogP contribution < -0.4 is 25.0 Å². The number of nitrogens with zero attached hydrogens (tertiary/aromatic N) is 4. The molecule has 162 valence electrons. The molecule has 1 aliphatic heterocycles. The minimum atomic E-state index is 0.443. The molecule has 1 fully saturated rings. The molecule has 0 bridgehead atoms. The average molecular weight is 422 g/mol. The molecule has 0 saturated carbocycles. The van der Waals surface area contributed by atoms with Gasteiger partial charge in [0.2, 0.25) is 17.8 Å². The van der Waals surface area contributed by atoms with E-state index in [9.17, 15) is 0 Å². The Balaban J connectivity index is 1.60. The summed E-state index contributed by atoms with van der Waals surface area (Å²) in [4.78, 5) is 15.9. The van der Waals surface area contributed by atoms with E-state index in [1.807, 2.05) is 55.5 Å². The monoisotopic (exact) mass is 422 g/mol. The first kappa shape index (κ1) is 20.7. The zero-order chi connectivity index (χ0) is 21.5. The van der Waals surface area contributed by atoms with Crippen molar-refractivity contribution in [2.45, 2.75) is 6.92 Å². The van der Waals surface area contributed by atoms with Gasteiger partial charge < -0.3 is 29.7 Å². The molecule has 2 heterocycles. The maximum atomic E-state index is 5.51. The summed E-state index contributed by atoms with van der Waals surface area (Å²) in [5.41, 5.74) is 1.68. The maximum absolute atomic E-state index is 5.51. The predicted octanol–water partition coefficient (Wildman–Crippen LogP) is 3.60. The number of nitrogens with one attached hydrogen (secondary N) is 2. The topological polar surface area (TPSA) is 93.7 Å². The van der Waals surface area contributed by atoms with Crippen LogP contribution in [-0.4, -0.2) is 55.0 Å². The Bertz CT molecular complexity index is 993. The molecule has 3 aromatic rings. The summed E-state index contributed by atoms with van der Waals surface area (Å²) in [5, 5.41) is 6.51. The molecule has 1 aromatic heterocycles. The van der Waals surface area contributed by atoms with Crippen molar-refractivity contribution < 1.29 is 14.2 Å². The average Bonchev–Trinajstić information content (AvgIpc) is 2.81. The lowest BCUT2D eigenvalue weighted by molar-refractivity contribution is 0.122. The molecule has 9 nitrogen and oxygen atoms in total. The summed E-state index contributed by atoms with van der Waals surface area (Å²) in [6, 6.07) is 15.3. The van der Waals surface area contributed by atoms with E-state index < -0.39 is 0 Å². The summed E-state index contributed by atoms with van der Waals surface area (Å²) in [7, 11) is 1.64. The van der Waals surface area contributed by atoms with Gasteiger partial charge in [0.15, 0.2) is 0 Å². The van der Waals surface area contributed by atoms with Gasteiger partial charge >= 0.3 is 0 Å². The molecule has 0 spiro atoms. The highest BCUT2D eigenvalue weighted by atomic mass is 16.5. The molecule has 31 heavy (non-hydrogen) atoms. The third-order valence-corrected chi connectivity index (χ3v) is 4.66. The number of anilines is 5. The van der Waals surface area contributed by atoms with E-state index in [1.165, 1.54) is 0 Å². The zero-order valence-electron chi connectivity index (χ0n) is 17.7. The molecule has 2 N–H and O–H groups in total. The van der Waals surface area contributed by atoms with Crippen LogP contribution >= 0.6 is 0 Å². The van der Waals surface area contributed by atoms with Crippen molar-refractivity contribution in [3.05, 3.63) is 48.5 Å². The normalized spacial score (nSPS) is 13.5. The summed E-state index contributed by atoms with van der Waals surface area (Å²) >= 11 is 0. The van der Waals surface area contributed by atoms with Crippen LogP contribution in [-0.2, 0) is 4.74 Å². The lowest BCUT2D eigenvalue weighted by Crippen LogP contribution is -2.37. The summed E-state index contributed by atoms with van der Waals surface area (Å²) < 4.78 is 16.3. The maximum Gasteiger partial charge on any atom is 0.233 e. The van der Waals surface area contributed by atoms with Crippen LogP contribution in [0.15, 0.2) is 48.5 Å². The van der Waals surface area contributed by atoms with Gasteiger partial charge in [-0.25, -0.2) is 0 Å². The highest BCUT2D eigenvalue weighted by Crippen LogP contribution is 2.24. The molecule has 9 heteroatoms. The van der Waals surface area contributed by atoms with Crippen molar-refractivity contribution in [3.63, 3.8) is 0 Å². The van der Waals surface area contributed by atoms with Crippen molar-refractivity contribution in [3.8, 4) is 11.5 Å². The Hall–Kier alpha value is -3.59. The molecule has 0 aliphatic carbocycles. The van der Waals surface area contributed by atoms with E-state index in [-0.39, 0.29) is 0 Å². The molecule has 0 radical (unpaired) electrons. The minimum Gasteiger partial charge on any atom is -0.497 e. The number of methoxy groups -OCH3 is 1. The van der Waals surface area contributed by atoms with Crippen LogP contribution in [0.2, 0.25) is 0 Å². The molecular weight excluding hydrogens is 396 g/mol. The fourth-order valence-corrected chi connectivity index (χ4v) is 3.14. The van der Waals surface area contributed by atoms with Crippen LogP contribution in [0.4, 0.5) is 29.2 Å². The highest BCUT2D eigenvalue weighted by molar-refractivity contribution is 5.61. The molecule has 0 atom stereocenters. The number of hydrogen-bond acceptors (Lipinski definition) is 9. The fourth-order valence-electron chi connectivity index (χ4n) is 3.14. The van der Waals surface area contributed by atoms with Crippen molar-refractivity contribution in [2.75, 3.05) is 55.6 Å². The first-order chi connectivity index (χ1) is 15.2. The lowest BCUT2D eigenvalue weighted by Gasteiger charge is -2.27. The quantitative estimate of drug-likeness (QED) is 0.565. The molecular formula is C22H26N6O3. The number of hydrogen-bond donors (Lipinski definition) is 2. The Kier molecular flexibility index (Phi) is 6.63. The Morgan fingerprint density at radius 3 is 2.29 bits per heavy atom. The van der Waals surface area contributed by atoms with E-state index in [2.05, 4.69) is 30.5 Å². The van der Waals surface area contributed by atoms with Crippen molar-refractivity contribution in [2.24, 2.45) is 0 Å². The van der Waals surface area contributed by atoms with E-state index in [0.29, 0.717) is 37.7 Å². The summed E-state index contributed by atoms with van der Waals surface area (Å²) in [6.45, 7) is 5.33. The van der Waals surface area contributed by atoms with Gasteiger partial charge in [0.05, 0.1) is 26.9 Å². The number of rotatable bonds is 8. The molecule has 1 saturated heterocycles. The van der Waals surface area contributed by atoms with Gasteiger partial charge in [-0.3, -0.25) is 0 Å². The van der Waals surface area contributed by atoms with Crippen LogP contribution in [0.1, 0.15) is 6.92 Å². The van der Waals surface area contributed by atoms with Gasteiger partial charge in [-0.1, -0.05) is 6.07 Å². The van der Waals surface area contributed by atoms with Crippen LogP contribution in [0.25, 0.3) is 0 Å². The minimum absolute atomic E-state index is 0.443.